The Hall–Kier alpha value is -1.87. The Kier molecular flexibility index (Phi) is 3.58. The van der Waals surface area contributed by atoms with Crippen molar-refractivity contribution >= 4 is 17.6 Å². The molecule has 4 heteroatoms. The maximum Gasteiger partial charge on any atom is 0.335 e. The Balaban J connectivity index is 2.68. The van der Waals surface area contributed by atoms with Crippen LogP contribution in [0, 0.1) is 19.7 Å². The number of hydrogen-bond donors (Lipinski definition) is 1. The van der Waals surface area contributed by atoms with E-state index < -0.39 is 11.8 Å². The summed E-state index contributed by atoms with van der Waals surface area (Å²) in [5.74, 6) is -1.41. The number of rotatable bonds is 2. The van der Waals surface area contributed by atoms with E-state index in [0.717, 1.165) is 5.56 Å². The predicted octanol–water partition coefficient (Wildman–Crippen LogP) is 4.46. The summed E-state index contributed by atoms with van der Waals surface area (Å²) in [6.07, 6.45) is 0. The lowest BCUT2D eigenvalue weighted by Gasteiger charge is -2.11. The average molecular weight is 279 g/mol. The van der Waals surface area contributed by atoms with E-state index in [1.54, 1.807) is 25.1 Å². The van der Waals surface area contributed by atoms with E-state index in [1.165, 1.54) is 12.1 Å². The van der Waals surface area contributed by atoms with Crippen LogP contribution in [0.25, 0.3) is 11.1 Å². The largest absolute Gasteiger partial charge is 0.478 e. The van der Waals surface area contributed by atoms with Crippen molar-refractivity contribution in [2.45, 2.75) is 13.8 Å². The van der Waals surface area contributed by atoms with Crippen LogP contribution in [0.2, 0.25) is 5.02 Å². The molecule has 0 unspecified atom stereocenters. The summed E-state index contributed by atoms with van der Waals surface area (Å²) in [6.45, 7) is 3.61. The smallest absolute Gasteiger partial charge is 0.335 e. The first-order valence-corrected chi connectivity index (χ1v) is 6.08. The summed E-state index contributed by atoms with van der Waals surface area (Å²) < 4.78 is 13.1. The summed E-state index contributed by atoms with van der Waals surface area (Å²) in [5.41, 5.74) is 3.14. The van der Waals surface area contributed by atoms with Gasteiger partial charge >= 0.3 is 5.97 Å². The highest BCUT2D eigenvalue weighted by atomic mass is 35.5. The van der Waals surface area contributed by atoms with Gasteiger partial charge in [0, 0.05) is 5.56 Å². The molecule has 0 bridgehead atoms. The average Bonchev–Trinajstić information content (AvgIpc) is 2.30. The normalized spacial score (nSPS) is 10.5. The van der Waals surface area contributed by atoms with Crippen molar-refractivity contribution < 1.29 is 14.3 Å². The van der Waals surface area contributed by atoms with Gasteiger partial charge in [0.1, 0.15) is 5.82 Å². The molecule has 19 heavy (non-hydrogen) atoms. The van der Waals surface area contributed by atoms with Crippen LogP contribution in [0.1, 0.15) is 21.5 Å². The molecule has 0 aliphatic heterocycles. The Morgan fingerprint density at radius 2 is 1.79 bits per heavy atom. The Morgan fingerprint density at radius 3 is 2.37 bits per heavy atom. The molecule has 0 aromatic heterocycles. The third-order valence-corrected chi connectivity index (χ3v) is 3.34. The number of aromatic carboxylic acids is 1. The van der Waals surface area contributed by atoms with Crippen molar-refractivity contribution in [2.24, 2.45) is 0 Å². The fourth-order valence-corrected chi connectivity index (χ4v) is 2.35. The molecule has 0 amide bonds. The van der Waals surface area contributed by atoms with Crippen LogP contribution in [-0.2, 0) is 0 Å². The van der Waals surface area contributed by atoms with Crippen molar-refractivity contribution in [3.63, 3.8) is 0 Å². The van der Waals surface area contributed by atoms with Crippen LogP contribution in [0.5, 0.6) is 0 Å². The molecule has 2 nitrogen and oxygen atoms in total. The molecule has 2 aromatic rings. The number of carbonyl (C=O) groups is 1. The lowest BCUT2D eigenvalue weighted by Crippen LogP contribution is -2.01. The minimum atomic E-state index is -0.989. The van der Waals surface area contributed by atoms with E-state index in [0.29, 0.717) is 16.7 Å². The first-order chi connectivity index (χ1) is 8.90. The number of aryl methyl sites for hydroxylation is 2. The van der Waals surface area contributed by atoms with E-state index in [1.807, 2.05) is 6.92 Å². The monoisotopic (exact) mass is 278 g/mol. The molecule has 2 rings (SSSR count). The Labute approximate surface area is 115 Å². The van der Waals surface area contributed by atoms with Crippen LogP contribution >= 0.6 is 11.6 Å². The first-order valence-electron chi connectivity index (χ1n) is 5.70. The van der Waals surface area contributed by atoms with Gasteiger partial charge < -0.3 is 5.11 Å². The zero-order valence-electron chi connectivity index (χ0n) is 10.5. The van der Waals surface area contributed by atoms with Crippen LogP contribution in [0.15, 0.2) is 30.3 Å². The minimum absolute atomic E-state index is 0.223. The van der Waals surface area contributed by atoms with Crippen LogP contribution < -0.4 is 0 Å². The zero-order valence-corrected chi connectivity index (χ0v) is 11.3. The maximum atomic E-state index is 13.1. The quantitative estimate of drug-likeness (QED) is 0.880. The standard InChI is InChI=1S/C15H12ClFO2/c1-8-5-9(2)13(15(18)19)7-12(8)11-4-3-10(17)6-14(11)16/h3-7H,1-2H3,(H,18,19). The van der Waals surface area contributed by atoms with Crippen molar-refractivity contribution in [2.75, 3.05) is 0 Å². The van der Waals surface area contributed by atoms with Gasteiger partial charge in [0.25, 0.3) is 0 Å². The molecule has 0 saturated carbocycles. The third-order valence-electron chi connectivity index (χ3n) is 3.02. The Bertz CT molecular complexity index is 665. The molecule has 1 N–H and O–H groups in total. The van der Waals surface area contributed by atoms with E-state index in [9.17, 15) is 9.18 Å². The highest BCUT2D eigenvalue weighted by Crippen LogP contribution is 2.32. The van der Waals surface area contributed by atoms with Gasteiger partial charge in [-0.15, -0.1) is 0 Å². The zero-order chi connectivity index (χ0) is 14.2. The van der Waals surface area contributed by atoms with Crippen molar-refractivity contribution in [3.05, 3.63) is 57.9 Å². The SMILES string of the molecule is Cc1cc(C)c(-c2ccc(F)cc2Cl)cc1C(=O)O. The molecule has 0 aliphatic rings. The van der Waals surface area contributed by atoms with E-state index in [2.05, 4.69) is 0 Å². The number of benzene rings is 2. The number of carboxylic acids is 1. The fraction of sp³-hybridized carbons (Fsp3) is 0.133. The molecule has 0 saturated heterocycles. The van der Waals surface area contributed by atoms with E-state index in [4.69, 9.17) is 16.7 Å². The highest BCUT2D eigenvalue weighted by molar-refractivity contribution is 6.33. The third kappa shape index (κ3) is 2.61. The second-order valence-corrected chi connectivity index (χ2v) is 4.82. The fourth-order valence-electron chi connectivity index (χ4n) is 2.08. The van der Waals surface area contributed by atoms with Crippen LogP contribution in [-0.4, -0.2) is 11.1 Å². The highest BCUT2D eigenvalue weighted by Gasteiger charge is 2.13. The summed E-state index contributed by atoms with van der Waals surface area (Å²) in [4.78, 5) is 11.2. The summed E-state index contributed by atoms with van der Waals surface area (Å²) in [5, 5.41) is 9.42. The van der Waals surface area contributed by atoms with Gasteiger partial charge in [-0.25, -0.2) is 9.18 Å². The van der Waals surface area contributed by atoms with Gasteiger partial charge in [0.15, 0.2) is 0 Å². The van der Waals surface area contributed by atoms with Gasteiger partial charge in [-0.2, -0.15) is 0 Å². The lowest BCUT2D eigenvalue weighted by atomic mass is 9.95. The number of halogens is 2. The second kappa shape index (κ2) is 5.02. The molecule has 0 atom stereocenters. The van der Waals surface area contributed by atoms with E-state index in [-0.39, 0.29) is 10.6 Å². The second-order valence-electron chi connectivity index (χ2n) is 4.41. The van der Waals surface area contributed by atoms with Crippen LogP contribution in [0.3, 0.4) is 0 Å². The van der Waals surface area contributed by atoms with Crippen molar-refractivity contribution in [1.29, 1.82) is 0 Å². The number of hydrogen-bond acceptors (Lipinski definition) is 1. The molecular weight excluding hydrogens is 267 g/mol. The topological polar surface area (TPSA) is 37.3 Å². The molecule has 0 radical (unpaired) electrons. The van der Waals surface area contributed by atoms with Gasteiger partial charge in [-0.1, -0.05) is 17.7 Å². The van der Waals surface area contributed by atoms with Crippen LogP contribution in [0.4, 0.5) is 4.39 Å². The number of carboxylic acid groups (broad SMARTS) is 1. The van der Waals surface area contributed by atoms with Gasteiger partial charge in [-0.05, 0) is 54.8 Å². The maximum absolute atomic E-state index is 13.1. The summed E-state index contributed by atoms with van der Waals surface area (Å²) in [7, 11) is 0. The predicted molar refractivity (Wildman–Crippen MR) is 73.3 cm³/mol. The minimum Gasteiger partial charge on any atom is -0.478 e. The lowest BCUT2D eigenvalue weighted by molar-refractivity contribution is 0.0696. The molecule has 0 heterocycles. The molecule has 98 valence electrons. The van der Waals surface area contributed by atoms with Crippen molar-refractivity contribution in [3.8, 4) is 11.1 Å². The van der Waals surface area contributed by atoms with Gasteiger partial charge in [-0.3, -0.25) is 0 Å². The molecular formula is C15H12ClFO2. The summed E-state index contributed by atoms with van der Waals surface area (Å²) >= 11 is 6.02. The van der Waals surface area contributed by atoms with Gasteiger partial charge in [0.05, 0.1) is 10.6 Å². The van der Waals surface area contributed by atoms with E-state index >= 15 is 0 Å². The van der Waals surface area contributed by atoms with Gasteiger partial charge in [0.2, 0.25) is 0 Å². The first kappa shape index (κ1) is 13.6. The van der Waals surface area contributed by atoms with Crippen molar-refractivity contribution in [1.82, 2.24) is 0 Å². The molecule has 0 aliphatic carbocycles. The summed E-state index contributed by atoms with van der Waals surface area (Å²) in [6, 6.07) is 7.45. The molecule has 2 aromatic carbocycles. The molecule has 0 fully saturated rings. The molecule has 0 spiro atoms. The Morgan fingerprint density at radius 1 is 1.11 bits per heavy atom.